The lowest BCUT2D eigenvalue weighted by atomic mass is 10.0. The summed E-state index contributed by atoms with van der Waals surface area (Å²) in [5, 5.41) is 2.83. The van der Waals surface area contributed by atoms with E-state index in [2.05, 4.69) is 26.2 Å². The largest absolute Gasteiger partial charge is 0.378 e. The normalized spacial score (nSPS) is 23.0. The fraction of sp³-hybridized carbons (Fsp3) is 0.500. The van der Waals surface area contributed by atoms with E-state index in [1.807, 2.05) is 0 Å². The van der Waals surface area contributed by atoms with Crippen molar-refractivity contribution in [3.05, 3.63) is 28.5 Å². The molecule has 1 unspecified atom stereocenters. The second kappa shape index (κ2) is 5.77. The topological polar surface area (TPSA) is 60.5 Å². The Bertz CT molecular complexity index is 416. The number of methoxy groups -OCH3 is 1. The molecule has 1 aromatic heterocycles. The second-order valence-corrected chi connectivity index (χ2v) is 5.15. The maximum Gasteiger partial charge on any atom is 0.269 e. The fourth-order valence-electron chi connectivity index (χ4n) is 1.80. The summed E-state index contributed by atoms with van der Waals surface area (Å²) >= 11 is 3.28. The molecule has 0 aromatic carbocycles. The Kier molecular flexibility index (Phi) is 4.31. The zero-order chi connectivity index (χ0) is 13.0. The lowest BCUT2D eigenvalue weighted by molar-refractivity contribution is -0.0149. The number of rotatable bonds is 4. The molecule has 1 atom stereocenters. The van der Waals surface area contributed by atoms with E-state index >= 15 is 0 Å². The van der Waals surface area contributed by atoms with E-state index in [4.69, 9.17) is 9.47 Å². The molecule has 2 rings (SSSR count). The van der Waals surface area contributed by atoms with Gasteiger partial charge in [0.25, 0.3) is 5.91 Å². The summed E-state index contributed by atoms with van der Waals surface area (Å²) in [7, 11) is 1.64. The van der Waals surface area contributed by atoms with Crippen LogP contribution in [0.25, 0.3) is 0 Å². The van der Waals surface area contributed by atoms with Gasteiger partial charge in [0.2, 0.25) is 0 Å². The van der Waals surface area contributed by atoms with Gasteiger partial charge in [-0.1, -0.05) is 0 Å². The van der Waals surface area contributed by atoms with E-state index in [1.54, 1.807) is 25.4 Å². The molecule has 0 bridgehead atoms. The van der Waals surface area contributed by atoms with E-state index in [0.717, 1.165) is 10.9 Å². The van der Waals surface area contributed by atoms with Gasteiger partial charge in [0.1, 0.15) is 11.3 Å². The predicted octanol–water partition coefficient (Wildman–Crippen LogP) is 1.38. The number of pyridine rings is 1. The highest BCUT2D eigenvalue weighted by molar-refractivity contribution is 9.10. The molecule has 98 valence electrons. The Morgan fingerprint density at radius 1 is 1.67 bits per heavy atom. The molecule has 18 heavy (non-hydrogen) atoms. The van der Waals surface area contributed by atoms with Crippen LogP contribution < -0.4 is 5.32 Å². The number of carbonyl (C=O) groups is 1. The number of ether oxygens (including phenoxy) is 2. The minimum Gasteiger partial charge on any atom is -0.378 e. The SMILES string of the molecule is COC1(CNC(=O)c2ccc(Br)cn2)CCOC1. The van der Waals surface area contributed by atoms with Crippen molar-refractivity contribution in [1.82, 2.24) is 10.3 Å². The Hall–Kier alpha value is -0.980. The van der Waals surface area contributed by atoms with Crippen molar-refractivity contribution in [3.63, 3.8) is 0 Å². The molecule has 0 saturated carbocycles. The average Bonchev–Trinajstić information content (AvgIpc) is 2.86. The van der Waals surface area contributed by atoms with Gasteiger partial charge in [-0.3, -0.25) is 4.79 Å². The van der Waals surface area contributed by atoms with E-state index in [1.165, 1.54) is 0 Å². The summed E-state index contributed by atoms with van der Waals surface area (Å²) in [6, 6.07) is 3.46. The Morgan fingerprint density at radius 2 is 2.50 bits per heavy atom. The molecule has 1 amide bonds. The number of hydrogen-bond acceptors (Lipinski definition) is 4. The smallest absolute Gasteiger partial charge is 0.269 e. The van der Waals surface area contributed by atoms with E-state index in [9.17, 15) is 4.79 Å². The molecule has 1 aromatic rings. The number of nitrogens with zero attached hydrogens (tertiary/aromatic N) is 1. The summed E-state index contributed by atoms with van der Waals surface area (Å²) in [4.78, 5) is 15.9. The van der Waals surface area contributed by atoms with Crippen LogP contribution in [0.1, 0.15) is 16.9 Å². The van der Waals surface area contributed by atoms with Crippen LogP contribution in [-0.2, 0) is 9.47 Å². The molecule has 0 radical (unpaired) electrons. The average molecular weight is 315 g/mol. The highest BCUT2D eigenvalue weighted by Crippen LogP contribution is 2.21. The first-order valence-electron chi connectivity index (χ1n) is 5.68. The molecule has 0 spiro atoms. The van der Waals surface area contributed by atoms with Crippen molar-refractivity contribution in [2.45, 2.75) is 12.0 Å². The van der Waals surface area contributed by atoms with Crippen LogP contribution in [-0.4, -0.2) is 43.4 Å². The van der Waals surface area contributed by atoms with Gasteiger partial charge in [0.05, 0.1) is 6.61 Å². The van der Waals surface area contributed by atoms with Crippen molar-refractivity contribution < 1.29 is 14.3 Å². The van der Waals surface area contributed by atoms with Crippen molar-refractivity contribution in [1.29, 1.82) is 0 Å². The fourth-order valence-corrected chi connectivity index (χ4v) is 2.04. The quantitative estimate of drug-likeness (QED) is 0.912. The summed E-state index contributed by atoms with van der Waals surface area (Å²) in [5.74, 6) is -0.203. The molecular formula is C12H15BrN2O3. The van der Waals surface area contributed by atoms with Gasteiger partial charge in [0, 0.05) is 37.4 Å². The molecule has 1 saturated heterocycles. The van der Waals surface area contributed by atoms with Crippen molar-refractivity contribution in [2.24, 2.45) is 0 Å². The molecule has 2 heterocycles. The van der Waals surface area contributed by atoms with Gasteiger partial charge in [-0.15, -0.1) is 0 Å². The number of aromatic nitrogens is 1. The Labute approximate surface area is 114 Å². The number of hydrogen-bond donors (Lipinski definition) is 1. The van der Waals surface area contributed by atoms with Crippen LogP contribution in [0.3, 0.4) is 0 Å². The van der Waals surface area contributed by atoms with Crippen LogP contribution in [0.15, 0.2) is 22.8 Å². The van der Waals surface area contributed by atoms with Gasteiger partial charge in [-0.2, -0.15) is 0 Å². The third-order valence-corrected chi connectivity index (χ3v) is 3.50. The first kappa shape index (κ1) is 13.5. The minimum absolute atomic E-state index is 0.203. The monoisotopic (exact) mass is 314 g/mol. The highest BCUT2D eigenvalue weighted by Gasteiger charge is 2.35. The third kappa shape index (κ3) is 3.07. The van der Waals surface area contributed by atoms with E-state index in [0.29, 0.717) is 25.5 Å². The highest BCUT2D eigenvalue weighted by atomic mass is 79.9. The standard InChI is InChI=1S/C12H15BrN2O3/c1-17-12(4-5-18-8-12)7-15-11(16)10-3-2-9(13)6-14-10/h2-3,6H,4-5,7-8H2,1H3,(H,15,16). The summed E-state index contributed by atoms with van der Waals surface area (Å²) in [6.07, 6.45) is 2.39. The molecule has 0 aliphatic carbocycles. The summed E-state index contributed by atoms with van der Waals surface area (Å²) in [5.41, 5.74) is -0.00579. The molecule has 6 heteroatoms. The lowest BCUT2D eigenvalue weighted by Gasteiger charge is -2.25. The molecule has 1 aliphatic heterocycles. The van der Waals surface area contributed by atoms with Crippen LogP contribution >= 0.6 is 15.9 Å². The lowest BCUT2D eigenvalue weighted by Crippen LogP contribution is -2.45. The van der Waals surface area contributed by atoms with Crippen LogP contribution in [0.5, 0.6) is 0 Å². The van der Waals surface area contributed by atoms with E-state index < -0.39 is 5.60 Å². The minimum atomic E-state index is -0.398. The van der Waals surface area contributed by atoms with Gasteiger partial charge < -0.3 is 14.8 Å². The molecule has 1 aliphatic rings. The number of halogens is 1. The molecule has 1 N–H and O–H groups in total. The van der Waals surface area contributed by atoms with Gasteiger partial charge in [-0.05, 0) is 28.1 Å². The van der Waals surface area contributed by atoms with Crippen LogP contribution in [0, 0.1) is 0 Å². The van der Waals surface area contributed by atoms with Crippen molar-refractivity contribution in [2.75, 3.05) is 26.9 Å². The zero-order valence-corrected chi connectivity index (χ0v) is 11.7. The molecule has 5 nitrogen and oxygen atoms in total. The van der Waals surface area contributed by atoms with Gasteiger partial charge in [-0.25, -0.2) is 4.98 Å². The first-order chi connectivity index (χ1) is 8.65. The van der Waals surface area contributed by atoms with Crippen LogP contribution in [0.4, 0.5) is 0 Å². The number of amides is 1. The zero-order valence-electron chi connectivity index (χ0n) is 10.1. The summed E-state index contributed by atoms with van der Waals surface area (Å²) in [6.45, 7) is 1.61. The van der Waals surface area contributed by atoms with E-state index in [-0.39, 0.29) is 5.91 Å². The Balaban J connectivity index is 1.93. The molecular weight excluding hydrogens is 300 g/mol. The van der Waals surface area contributed by atoms with Gasteiger partial charge in [0.15, 0.2) is 0 Å². The number of carbonyl (C=O) groups excluding carboxylic acids is 1. The van der Waals surface area contributed by atoms with Crippen LogP contribution in [0.2, 0.25) is 0 Å². The Morgan fingerprint density at radius 3 is 3.06 bits per heavy atom. The maximum absolute atomic E-state index is 11.9. The first-order valence-corrected chi connectivity index (χ1v) is 6.47. The summed E-state index contributed by atoms with van der Waals surface area (Å²) < 4.78 is 11.6. The number of nitrogens with one attached hydrogen (secondary N) is 1. The van der Waals surface area contributed by atoms with Gasteiger partial charge >= 0.3 is 0 Å². The third-order valence-electron chi connectivity index (χ3n) is 3.03. The van der Waals surface area contributed by atoms with Crippen molar-refractivity contribution in [3.8, 4) is 0 Å². The van der Waals surface area contributed by atoms with Crippen molar-refractivity contribution >= 4 is 21.8 Å². The molecule has 1 fully saturated rings. The predicted molar refractivity (Wildman–Crippen MR) is 69.4 cm³/mol. The maximum atomic E-state index is 11.9. The second-order valence-electron chi connectivity index (χ2n) is 4.23.